The number of halogens is 3. The molecule has 0 bridgehead atoms. The zero-order valence-corrected chi connectivity index (χ0v) is 10.9. The zero-order chi connectivity index (χ0) is 15.6. The minimum absolute atomic E-state index is 0.256. The first-order valence-electron chi connectivity index (χ1n) is 5.09. The first-order valence-corrected chi connectivity index (χ1v) is 6.58. The molecule has 0 radical (unpaired) electrons. The minimum atomic E-state index is -4.76. The molecule has 1 aromatic carbocycles. The van der Waals surface area contributed by atoms with Crippen LogP contribution in [0.25, 0.3) is 0 Å². The van der Waals surface area contributed by atoms with Crippen molar-refractivity contribution >= 4 is 21.4 Å². The van der Waals surface area contributed by atoms with Gasteiger partial charge in [-0.3, -0.25) is 10.1 Å². The van der Waals surface area contributed by atoms with Crippen LogP contribution in [0.5, 0.6) is 0 Å². The molecular weight excluding hydrogens is 303 g/mol. The Morgan fingerprint density at radius 1 is 1.35 bits per heavy atom. The molecule has 112 valence electrons. The SMILES string of the molecule is CNc1ccc(S(=O)(=O)NCC(F)(F)F)c([N+](=O)[O-])c1. The number of hydrogen-bond acceptors (Lipinski definition) is 5. The van der Waals surface area contributed by atoms with Crippen molar-refractivity contribution in [2.75, 3.05) is 18.9 Å². The Bertz CT molecular complexity index is 615. The third-order valence-electron chi connectivity index (χ3n) is 2.20. The van der Waals surface area contributed by atoms with E-state index in [-0.39, 0.29) is 5.69 Å². The average molecular weight is 313 g/mol. The molecule has 0 aliphatic carbocycles. The summed E-state index contributed by atoms with van der Waals surface area (Å²) >= 11 is 0. The number of rotatable bonds is 5. The predicted molar refractivity (Wildman–Crippen MR) is 63.9 cm³/mol. The second-order valence-electron chi connectivity index (χ2n) is 3.63. The Balaban J connectivity index is 3.21. The average Bonchev–Trinajstić information content (AvgIpc) is 2.35. The van der Waals surface area contributed by atoms with Crippen LogP contribution in [-0.4, -0.2) is 33.1 Å². The van der Waals surface area contributed by atoms with E-state index < -0.39 is 38.3 Å². The first kappa shape index (κ1) is 16.2. The van der Waals surface area contributed by atoms with Crippen molar-refractivity contribution in [1.82, 2.24) is 4.72 Å². The molecule has 0 saturated heterocycles. The summed E-state index contributed by atoms with van der Waals surface area (Å²) in [4.78, 5) is 8.99. The van der Waals surface area contributed by atoms with Crippen LogP contribution in [0.3, 0.4) is 0 Å². The molecule has 0 aliphatic heterocycles. The maximum Gasteiger partial charge on any atom is 0.402 e. The van der Waals surface area contributed by atoms with Crippen LogP contribution >= 0.6 is 0 Å². The molecule has 0 aliphatic rings. The van der Waals surface area contributed by atoms with Gasteiger partial charge >= 0.3 is 6.18 Å². The van der Waals surface area contributed by atoms with Gasteiger partial charge in [0, 0.05) is 18.8 Å². The van der Waals surface area contributed by atoms with Gasteiger partial charge in [-0.1, -0.05) is 0 Å². The molecule has 0 atom stereocenters. The molecule has 0 saturated carbocycles. The van der Waals surface area contributed by atoms with Gasteiger partial charge in [0.15, 0.2) is 4.90 Å². The molecule has 11 heteroatoms. The second kappa shape index (κ2) is 5.63. The normalized spacial score (nSPS) is 12.2. The molecule has 1 aromatic rings. The van der Waals surface area contributed by atoms with Crippen molar-refractivity contribution in [3.8, 4) is 0 Å². The zero-order valence-electron chi connectivity index (χ0n) is 10.1. The van der Waals surface area contributed by atoms with Gasteiger partial charge in [-0.2, -0.15) is 13.2 Å². The number of benzene rings is 1. The lowest BCUT2D eigenvalue weighted by atomic mass is 10.3. The summed E-state index contributed by atoms with van der Waals surface area (Å²) in [6.07, 6.45) is -4.76. The van der Waals surface area contributed by atoms with Crippen LogP contribution in [0.1, 0.15) is 0 Å². The Morgan fingerprint density at radius 2 is 1.95 bits per heavy atom. The lowest BCUT2D eigenvalue weighted by Crippen LogP contribution is -2.34. The summed E-state index contributed by atoms with van der Waals surface area (Å²) in [6.45, 7) is -1.81. The summed E-state index contributed by atoms with van der Waals surface area (Å²) in [5.74, 6) is 0. The maximum absolute atomic E-state index is 12.0. The van der Waals surface area contributed by atoms with Crippen LogP contribution in [0.4, 0.5) is 24.5 Å². The third kappa shape index (κ3) is 4.06. The van der Waals surface area contributed by atoms with Gasteiger partial charge in [0.25, 0.3) is 5.69 Å². The number of sulfonamides is 1. The highest BCUT2D eigenvalue weighted by molar-refractivity contribution is 7.89. The van der Waals surface area contributed by atoms with E-state index in [9.17, 15) is 31.7 Å². The fourth-order valence-electron chi connectivity index (χ4n) is 1.30. The van der Waals surface area contributed by atoms with Gasteiger partial charge in [-0.05, 0) is 12.1 Å². The highest BCUT2D eigenvalue weighted by atomic mass is 32.2. The molecular formula is C9H10F3N3O4S. The Hall–Kier alpha value is -1.88. The van der Waals surface area contributed by atoms with Crippen LogP contribution in [0.2, 0.25) is 0 Å². The van der Waals surface area contributed by atoms with Gasteiger partial charge in [0.05, 0.1) is 4.92 Å². The van der Waals surface area contributed by atoms with E-state index in [0.29, 0.717) is 0 Å². The smallest absolute Gasteiger partial charge is 0.388 e. The number of nitrogens with one attached hydrogen (secondary N) is 2. The molecule has 7 nitrogen and oxygen atoms in total. The van der Waals surface area contributed by atoms with Gasteiger partial charge < -0.3 is 5.32 Å². The number of nitro groups is 1. The van der Waals surface area contributed by atoms with Crippen molar-refractivity contribution < 1.29 is 26.5 Å². The van der Waals surface area contributed by atoms with Gasteiger partial charge in [0.1, 0.15) is 6.54 Å². The fraction of sp³-hybridized carbons (Fsp3) is 0.333. The number of nitro benzene ring substituents is 1. The number of anilines is 1. The van der Waals surface area contributed by atoms with Gasteiger partial charge in [0.2, 0.25) is 10.0 Å². The van der Waals surface area contributed by atoms with E-state index in [1.165, 1.54) is 17.8 Å². The predicted octanol–water partition coefficient (Wildman–Crippen LogP) is 1.48. The lowest BCUT2D eigenvalue weighted by Gasteiger charge is -2.10. The molecule has 0 aromatic heterocycles. The minimum Gasteiger partial charge on any atom is -0.388 e. The monoisotopic (exact) mass is 313 g/mol. The molecule has 1 rings (SSSR count). The fourth-order valence-corrected chi connectivity index (χ4v) is 2.46. The first-order chi connectivity index (χ1) is 9.07. The van der Waals surface area contributed by atoms with Crippen molar-refractivity contribution in [1.29, 1.82) is 0 Å². The number of alkyl halides is 3. The van der Waals surface area contributed by atoms with Crippen molar-refractivity contribution in [3.63, 3.8) is 0 Å². The largest absolute Gasteiger partial charge is 0.402 e. The van der Waals surface area contributed by atoms with Crippen molar-refractivity contribution in [3.05, 3.63) is 28.3 Å². The molecule has 2 N–H and O–H groups in total. The molecule has 0 spiro atoms. The summed E-state index contributed by atoms with van der Waals surface area (Å²) in [5, 5.41) is 13.4. The standard InChI is InChI=1S/C9H10F3N3O4S/c1-13-6-2-3-8(7(4-6)15(16)17)20(18,19)14-5-9(10,11)12/h2-4,13-14H,5H2,1H3. The van der Waals surface area contributed by atoms with Gasteiger partial charge in [-0.15, -0.1) is 0 Å². The Kier molecular flexibility index (Phi) is 4.55. The van der Waals surface area contributed by atoms with E-state index >= 15 is 0 Å². The van der Waals surface area contributed by atoms with Crippen LogP contribution in [0, 0.1) is 10.1 Å². The van der Waals surface area contributed by atoms with E-state index in [1.54, 1.807) is 0 Å². The Morgan fingerprint density at radius 3 is 2.40 bits per heavy atom. The maximum atomic E-state index is 12.0. The lowest BCUT2D eigenvalue weighted by molar-refractivity contribution is -0.387. The summed E-state index contributed by atoms with van der Waals surface area (Å²) in [6, 6.07) is 2.99. The topological polar surface area (TPSA) is 101 Å². The summed E-state index contributed by atoms with van der Waals surface area (Å²) in [5.41, 5.74) is -0.557. The number of nitrogens with zero attached hydrogens (tertiary/aromatic N) is 1. The van der Waals surface area contributed by atoms with Gasteiger partial charge in [-0.25, -0.2) is 13.1 Å². The van der Waals surface area contributed by atoms with Crippen LogP contribution < -0.4 is 10.0 Å². The summed E-state index contributed by atoms with van der Waals surface area (Å²) in [7, 11) is -3.18. The highest BCUT2D eigenvalue weighted by Crippen LogP contribution is 2.27. The van der Waals surface area contributed by atoms with E-state index in [2.05, 4.69) is 5.32 Å². The molecule has 0 amide bonds. The molecule has 0 fully saturated rings. The van der Waals surface area contributed by atoms with Crippen molar-refractivity contribution in [2.45, 2.75) is 11.1 Å². The Labute approximate surface area is 112 Å². The van der Waals surface area contributed by atoms with E-state index in [4.69, 9.17) is 0 Å². The molecule has 0 heterocycles. The highest BCUT2D eigenvalue weighted by Gasteiger charge is 2.32. The van der Waals surface area contributed by atoms with Crippen molar-refractivity contribution in [2.24, 2.45) is 0 Å². The summed E-state index contributed by atoms with van der Waals surface area (Å²) < 4.78 is 60.6. The molecule has 0 unspecified atom stereocenters. The number of hydrogen-bond donors (Lipinski definition) is 2. The van der Waals surface area contributed by atoms with Crippen LogP contribution in [-0.2, 0) is 10.0 Å². The van der Waals surface area contributed by atoms with Crippen LogP contribution in [0.15, 0.2) is 23.1 Å². The second-order valence-corrected chi connectivity index (χ2v) is 5.36. The van der Waals surface area contributed by atoms with E-state index in [1.807, 2.05) is 0 Å². The third-order valence-corrected chi connectivity index (χ3v) is 3.65. The quantitative estimate of drug-likeness (QED) is 0.633. The molecule has 20 heavy (non-hydrogen) atoms. The van der Waals surface area contributed by atoms with E-state index in [0.717, 1.165) is 12.1 Å².